The number of halogens is 1. The van der Waals surface area contributed by atoms with Crippen LogP contribution in [0.3, 0.4) is 0 Å². The van der Waals surface area contributed by atoms with Gasteiger partial charge in [-0.2, -0.15) is 0 Å². The van der Waals surface area contributed by atoms with E-state index in [-0.39, 0.29) is 11.9 Å². The van der Waals surface area contributed by atoms with Gasteiger partial charge >= 0.3 is 0 Å². The van der Waals surface area contributed by atoms with Gasteiger partial charge in [-0.15, -0.1) is 0 Å². The summed E-state index contributed by atoms with van der Waals surface area (Å²) in [5, 5.41) is 3.26. The SMILES string of the molecule is CC(Oc1ccc(Br)cc1)C(=O)N(C)C1CCNC1. The zero-order chi connectivity index (χ0) is 13.8. The lowest BCUT2D eigenvalue weighted by Gasteiger charge is -2.27. The van der Waals surface area contributed by atoms with Gasteiger partial charge in [0.25, 0.3) is 5.91 Å². The topological polar surface area (TPSA) is 41.6 Å². The second-order valence-electron chi connectivity index (χ2n) is 4.81. The molecule has 2 rings (SSSR count). The minimum absolute atomic E-state index is 0.0246. The number of benzene rings is 1. The molecule has 1 amide bonds. The molecule has 4 nitrogen and oxygen atoms in total. The summed E-state index contributed by atoms with van der Waals surface area (Å²) in [7, 11) is 1.85. The third-order valence-electron chi connectivity index (χ3n) is 3.40. The van der Waals surface area contributed by atoms with Crippen molar-refractivity contribution in [1.82, 2.24) is 10.2 Å². The molecule has 104 valence electrons. The molecule has 1 fully saturated rings. The normalized spacial score (nSPS) is 20.1. The van der Waals surface area contributed by atoms with Crippen molar-refractivity contribution in [3.05, 3.63) is 28.7 Å². The van der Waals surface area contributed by atoms with Crippen molar-refractivity contribution in [1.29, 1.82) is 0 Å². The maximum absolute atomic E-state index is 12.3. The van der Waals surface area contributed by atoms with Crippen LogP contribution in [0.4, 0.5) is 0 Å². The highest BCUT2D eigenvalue weighted by Crippen LogP contribution is 2.18. The predicted octanol–water partition coefficient (Wildman–Crippen LogP) is 2.04. The predicted molar refractivity (Wildman–Crippen MR) is 78.3 cm³/mol. The maximum Gasteiger partial charge on any atom is 0.263 e. The fourth-order valence-electron chi connectivity index (χ4n) is 2.20. The molecule has 2 atom stereocenters. The molecule has 0 bridgehead atoms. The molecule has 1 saturated heterocycles. The van der Waals surface area contributed by atoms with E-state index in [2.05, 4.69) is 21.2 Å². The van der Waals surface area contributed by atoms with Crippen LogP contribution in [-0.2, 0) is 4.79 Å². The lowest BCUT2D eigenvalue weighted by atomic mass is 10.2. The summed E-state index contributed by atoms with van der Waals surface area (Å²) >= 11 is 3.37. The molecule has 1 heterocycles. The Hall–Kier alpha value is -1.07. The molecular weight excluding hydrogens is 308 g/mol. The summed E-state index contributed by atoms with van der Waals surface area (Å²) in [5.74, 6) is 0.735. The molecule has 5 heteroatoms. The number of amides is 1. The van der Waals surface area contributed by atoms with Gasteiger partial charge in [0.05, 0.1) is 0 Å². The molecule has 1 aliphatic rings. The van der Waals surface area contributed by atoms with Crippen LogP contribution in [0.2, 0.25) is 0 Å². The van der Waals surface area contributed by atoms with Crippen molar-refractivity contribution in [2.24, 2.45) is 0 Å². The minimum atomic E-state index is -0.466. The van der Waals surface area contributed by atoms with Crippen LogP contribution in [0.25, 0.3) is 0 Å². The minimum Gasteiger partial charge on any atom is -0.481 e. The first-order chi connectivity index (χ1) is 9.08. The van der Waals surface area contributed by atoms with E-state index in [4.69, 9.17) is 4.74 Å². The fourth-order valence-corrected chi connectivity index (χ4v) is 2.47. The summed E-state index contributed by atoms with van der Waals surface area (Å²) in [6, 6.07) is 7.79. The van der Waals surface area contributed by atoms with Crippen LogP contribution in [0, 0.1) is 0 Å². The molecule has 0 spiro atoms. The van der Waals surface area contributed by atoms with Gasteiger partial charge in [0.2, 0.25) is 0 Å². The van der Waals surface area contributed by atoms with Gasteiger partial charge < -0.3 is 15.0 Å². The Morgan fingerprint density at radius 3 is 2.74 bits per heavy atom. The standard InChI is InChI=1S/C14H19BrN2O2/c1-10(19-13-5-3-11(15)4-6-13)14(18)17(2)12-7-8-16-9-12/h3-6,10,12,16H,7-9H2,1-2H3. The van der Waals surface area contributed by atoms with E-state index in [1.807, 2.05) is 31.3 Å². The molecule has 0 saturated carbocycles. The van der Waals surface area contributed by atoms with Crippen LogP contribution >= 0.6 is 15.9 Å². The van der Waals surface area contributed by atoms with E-state index < -0.39 is 6.10 Å². The molecular formula is C14H19BrN2O2. The third-order valence-corrected chi connectivity index (χ3v) is 3.93. The molecule has 0 radical (unpaired) electrons. The van der Waals surface area contributed by atoms with Crippen LogP contribution in [0.1, 0.15) is 13.3 Å². The van der Waals surface area contributed by atoms with Crippen LogP contribution in [0.15, 0.2) is 28.7 Å². The van der Waals surface area contributed by atoms with Crippen LogP contribution in [-0.4, -0.2) is 43.1 Å². The average molecular weight is 327 g/mol. The molecule has 0 aromatic heterocycles. The number of carbonyl (C=O) groups is 1. The van der Waals surface area contributed by atoms with Crippen LogP contribution in [0.5, 0.6) is 5.75 Å². The van der Waals surface area contributed by atoms with E-state index in [1.165, 1.54) is 0 Å². The second kappa shape index (κ2) is 6.39. The Morgan fingerprint density at radius 2 is 2.16 bits per heavy atom. The summed E-state index contributed by atoms with van der Waals surface area (Å²) < 4.78 is 6.67. The van der Waals surface area contributed by atoms with Gasteiger partial charge in [0.1, 0.15) is 5.75 Å². The monoisotopic (exact) mass is 326 g/mol. The second-order valence-corrected chi connectivity index (χ2v) is 5.73. The van der Waals surface area contributed by atoms with Crippen molar-refractivity contribution in [2.75, 3.05) is 20.1 Å². The Balaban J connectivity index is 1.93. The number of ether oxygens (including phenoxy) is 1. The Morgan fingerprint density at radius 1 is 1.47 bits per heavy atom. The number of hydrogen-bond acceptors (Lipinski definition) is 3. The number of carbonyl (C=O) groups excluding carboxylic acids is 1. The fraction of sp³-hybridized carbons (Fsp3) is 0.500. The van der Waals surface area contributed by atoms with Crippen molar-refractivity contribution in [2.45, 2.75) is 25.5 Å². The Bertz CT molecular complexity index is 430. The van der Waals surface area contributed by atoms with E-state index in [9.17, 15) is 4.79 Å². The van der Waals surface area contributed by atoms with Gasteiger partial charge in [-0.1, -0.05) is 15.9 Å². The molecule has 1 aromatic carbocycles. The van der Waals surface area contributed by atoms with Gasteiger partial charge in [0.15, 0.2) is 6.10 Å². The smallest absolute Gasteiger partial charge is 0.263 e. The summed E-state index contributed by atoms with van der Waals surface area (Å²) in [6.07, 6.45) is 0.541. The highest BCUT2D eigenvalue weighted by molar-refractivity contribution is 9.10. The highest BCUT2D eigenvalue weighted by atomic mass is 79.9. The summed E-state index contributed by atoms with van der Waals surface area (Å²) in [5.41, 5.74) is 0. The molecule has 1 aliphatic heterocycles. The lowest BCUT2D eigenvalue weighted by molar-refractivity contribution is -0.138. The number of hydrogen-bond donors (Lipinski definition) is 1. The third kappa shape index (κ3) is 3.70. The lowest BCUT2D eigenvalue weighted by Crippen LogP contribution is -2.44. The van der Waals surface area contributed by atoms with E-state index in [0.29, 0.717) is 5.75 Å². The van der Waals surface area contributed by atoms with Gasteiger partial charge in [0, 0.05) is 24.1 Å². The van der Waals surface area contributed by atoms with Crippen LogP contribution < -0.4 is 10.1 Å². The maximum atomic E-state index is 12.3. The van der Waals surface area contributed by atoms with Crippen molar-refractivity contribution in [3.8, 4) is 5.75 Å². The van der Waals surface area contributed by atoms with Crippen molar-refractivity contribution in [3.63, 3.8) is 0 Å². The number of nitrogens with zero attached hydrogens (tertiary/aromatic N) is 1. The number of nitrogens with one attached hydrogen (secondary N) is 1. The van der Waals surface area contributed by atoms with Gasteiger partial charge in [-0.25, -0.2) is 0 Å². The van der Waals surface area contributed by atoms with E-state index >= 15 is 0 Å². The number of likely N-dealkylation sites (N-methyl/N-ethyl adjacent to an activating group) is 1. The zero-order valence-electron chi connectivity index (χ0n) is 11.2. The molecule has 19 heavy (non-hydrogen) atoms. The Labute approximate surface area is 122 Å². The van der Waals surface area contributed by atoms with Gasteiger partial charge in [-0.05, 0) is 44.2 Å². The Kier molecular flexibility index (Phi) is 4.82. The first-order valence-electron chi connectivity index (χ1n) is 6.47. The first-order valence-corrected chi connectivity index (χ1v) is 7.27. The molecule has 1 aromatic rings. The first kappa shape index (κ1) is 14.3. The highest BCUT2D eigenvalue weighted by Gasteiger charge is 2.27. The zero-order valence-corrected chi connectivity index (χ0v) is 12.8. The van der Waals surface area contributed by atoms with E-state index in [1.54, 1.807) is 11.8 Å². The van der Waals surface area contributed by atoms with Gasteiger partial charge in [-0.3, -0.25) is 4.79 Å². The molecule has 1 N–H and O–H groups in total. The summed E-state index contributed by atoms with van der Waals surface area (Å²) in [4.78, 5) is 14.1. The van der Waals surface area contributed by atoms with Crippen molar-refractivity contribution < 1.29 is 9.53 Å². The van der Waals surface area contributed by atoms with E-state index in [0.717, 1.165) is 24.0 Å². The quantitative estimate of drug-likeness (QED) is 0.920. The average Bonchev–Trinajstić information content (AvgIpc) is 2.93. The number of rotatable bonds is 4. The summed E-state index contributed by atoms with van der Waals surface area (Å²) in [6.45, 7) is 3.64. The molecule has 2 unspecified atom stereocenters. The largest absolute Gasteiger partial charge is 0.481 e. The van der Waals surface area contributed by atoms with Crippen molar-refractivity contribution >= 4 is 21.8 Å². The molecule has 0 aliphatic carbocycles.